The molecule has 4 nitrogen and oxygen atoms in total. The van der Waals surface area contributed by atoms with Crippen molar-refractivity contribution in [3.63, 3.8) is 0 Å². The summed E-state index contributed by atoms with van der Waals surface area (Å²) < 4.78 is 40.6. The normalized spacial score (nSPS) is 12.7. The van der Waals surface area contributed by atoms with E-state index < -0.39 is 12.7 Å². The molecule has 53 heavy (non-hydrogen) atoms. The van der Waals surface area contributed by atoms with Crippen molar-refractivity contribution in [2.75, 3.05) is 0 Å². The van der Waals surface area contributed by atoms with Crippen LogP contribution in [0.15, 0.2) is 144 Å². The minimum absolute atomic E-state index is 0. The molecule has 0 fully saturated rings. The van der Waals surface area contributed by atoms with Crippen molar-refractivity contribution in [2.45, 2.75) is 40.4 Å². The van der Waals surface area contributed by atoms with Gasteiger partial charge >= 0.3 is 0 Å². The third-order valence-corrected chi connectivity index (χ3v) is 9.41. The van der Waals surface area contributed by atoms with Crippen molar-refractivity contribution in [1.29, 1.82) is 0 Å². The summed E-state index contributed by atoms with van der Waals surface area (Å²) in [5.74, 6) is -0.169. The number of nitrogens with zero attached hydrogens (tertiary/aromatic N) is 3. The van der Waals surface area contributed by atoms with E-state index >= 15 is 0 Å². The van der Waals surface area contributed by atoms with Gasteiger partial charge in [-0.05, 0) is 83.9 Å². The molecule has 5 heteroatoms. The quantitative estimate of drug-likeness (QED) is 0.162. The van der Waals surface area contributed by atoms with E-state index in [0.717, 1.165) is 49.9 Å². The van der Waals surface area contributed by atoms with Gasteiger partial charge in [-0.15, -0.1) is 54.1 Å². The van der Waals surface area contributed by atoms with Crippen LogP contribution in [0.1, 0.15) is 47.5 Å². The van der Waals surface area contributed by atoms with Gasteiger partial charge in [0.05, 0.1) is 22.4 Å². The van der Waals surface area contributed by atoms with Crippen LogP contribution in [0.5, 0.6) is 0 Å². The summed E-state index contributed by atoms with van der Waals surface area (Å²) in [6.45, 7) is 5.31. The number of aromatic nitrogens is 3. The molecule has 1 radical (unpaired) electrons. The predicted molar refractivity (Wildman–Crippen MR) is 215 cm³/mol. The first-order valence-electron chi connectivity index (χ1n) is 19.3. The number of furan rings is 1. The molecule has 0 spiro atoms. The first kappa shape index (κ1) is 31.0. The van der Waals surface area contributed by atoms with Crippen molar-refractivity contribution in [3.05, 3.63) is 174 Å². The number of pyridine rings is 1. The third-order valence-electron chi connectivity index (χ3n) is 9.41. The summed E-state index contributed by atoms with van der Waals surface area (Å²) in [4.78, 5) is 9.31. The van der Waals surface area contributed by atoms with E-state index in [0.29, 0.717) is 22.4 Å². The predicted octanol–water partition coefficient (Wildman–Crippen LogP) is 12.7. The molecule has 9 aromatic rings. The van der Waals surface area contributed by atoms with Gasteiger partial charge in [-0.3, -0.25) is 4.98 Å². The van der Waals surface area contributed by atoms with Crippen LogP contribution in [0.2, 0.25) is 0 Å². The maximum Gasteiger partial charge on any atom is 0.121 e. The van der Waals surface area contributed by atoms with E-state index in [2.05, 4.69) is 102 Å². The van der Waals surface area contributed by atoms with Crippen molar-refractivity contribution in [2.24, 2.45) is 0 Å². The molecule has 9 rings (SSSR count). The van der Waals surface area contributed by atoms with E-state index in [-0.39, 0.29) is 25.7 Å². The van der Waals surface area contributed by atoms with Gasteiger partial charge < -0.3 is 14.0 Å². The number of hydrogen-bond donors (Lipinski definition) is 0. The molecular formula is C48H39IrN3O-2. The molecular weight excluding hydrogens is 827 g/mol. The minimum atomic E-state index is -2.35. The molecule has 0 aliphatic carbocycles. The first-order valence-corrected chi connectivity index (χ1v) is 17.3. The molecule has 0 saturated carbocycles. The SMILES string of the molecule is Cc1cccc(C)c1-n1c(-c2[c-]cccc2)nc2ccccc21.[2H]C([2H])([2H])c1cnc(-c2[c-]ccc3c2oc2cc(-c4ccccc4)ccc23)cc1C([2H])(C)C.[Ir]. The van der Waals surface area contributed by atoms with Crippen LogP contribution in [0.3, 0.4) is 0 Å². The first-order chi connectivity index (χ1) is 26.9. The Hall–Kier alpha value is -5.61. The van der Waals surface area contributed by atoms with Crippen LogP contribution >= 0.6 is 0 Å². The number of fused-ring (bicyclic) bond motifs is 4. The molecule has 6 aromatic carbocycles. The Labute approximate surface area is 330 Å². The van der Waals surface area contributed by atoms with Crippen molar-refractivity contribution in [3.8, 4) is 39.5 Å². The molecule has 0 amide bonds. The Morgan fingerprint density at radius 3 is 2.26 bits per heavy atom. The number of para-hydroxylation sites is 3. The van der Waals surface area contributed by atoms with E-state index in [9.17, 15) is 0 Å². The maximum atomic E-state index is 8.50. The Bertz CT molecular complexity index is 2840. The van der Waals surface area contributed by atoms with Gasteiger partial charge in [0, 0.05) is 42.9 Å². The van der Waals surface area contributed by atoms with Gasteiger partial charge in [-0.2, -0.15) is 0 Å². The van der Waals surface area contributed by atoms with Crippen LogP contribution in [-0.2, 0) is 20.1 Å². The van der Waals surface area contributed by atoms with Crippen LogP contribution in [0, 0.1) is 32.8 Å². The number of benzene rings is 6. The average molecular weight is 870 g/mol. The number of rotatable bonds is 5. The number of hydrogen-bond acceptors (Lipinski definition) is 3. The Morgan fingerprint density at radius 2 is 1.51 bits per heavy atom. The topological polar surface area (TPSA) is 43.9 Å². The van der Waals surface area contributed by atoms with Crippen molar-refractivity contribution < 1.29 is 30.0 Å². The molecule has 3 heterocycles. The number of aryl methyl sites for hydroxylation is 3. The fraction of sp³-hybridized carbons (Fsp3) is 0.125. The molecule has 0 saturated heterocycles. The zero-order chi connectivity index (χ0) is 39.2. The monoisotopic (exact) mass is 870 g/mol. The largest absolute Gasteiger partial charge is 0.501 e. The second-order valence-corrected chi connectivity index (χ2v) is 13.2. The number of imidazole rings is 1. The van der Waals surface area contributed by atoms with Gasteiger partial charge in [0.2, 0.25) is 0 Å². The summed E-state index contributed by atoms with van der Waals surface area (Å²) in [5.41, 5.74) is 12.1. The summed E-state index contributed by atoms with van der Waals surface area (Å²) >= 11 is 0. The fourth-order valence-electron chi connectivity index (χ4n) is 6.87. The maximum absolute atomic E-state index is 8.50. The van der Waals surface area contributed by atoms with Gasteiger partial charge in [-0.25, -0.2) is 0 Å². The van der Waals surface area contributed by atoms with Crippen LogP contribution in [-0.4, -0.2) is 14.5 Å². The fourth-order valence-corrected chi connectivity index (χ4v) is 6.87. The van der Waals surface area contributed by atoms with Gasteiger partial charge in [0.25, 0.3) is 0 Å². The van der Waals surface area contributed by atoms with E-state index in [4.69, 9.17) is 14.9 Å². The van der Waals surface area contributed by atoms with Gasteiger partial charge in [-0.1, -0.05) is 104 Å². The van der Waals surface area contributed by atoms with Crippen molar-refractivity contribution >= 4 is 33.0 Å². The summed E-state index contributed by atoms with van der Waals surface area (Å²) in [7, 11) is 0. The Balaban J connectivity index is 0.000000182. The second-order valence-electron chi connectivity index (χ2n) is 13.2. The zero-order valence-electron chi connectivity index (χ0n) is 33.9. The molecule has 0 aliphatic heterocycles. The molecule has 3 aromatic heterocycles. The Kier molecular flexibility index (Phi) is 8.86. The van der Waals surface area contributed by atoms with Crippen LogP contribution < -0.4 is 0 Å². The molecule has 0 atom stereocenters. The standard InChI is InChI=1S/C27H22NO.C21H17N2.Ir/c1-17(2)24-15-25(28-16-18(24)3)23-11-7-10-22-21-13-12-20(14-26(21)29-27(22)23)19-8-5-4-6-9-19;1-15-9-8-10-16(2)20(15)23-19-14-7-6-13-18(19)22-21(23)17-11-4-3-5-12-17;/h4-10,12-17H,1-3H3;3-11,13-14H,1-2H3;/q2*-1;/i3D3,17D;;. The van der Waals surface area contributed by atoms with E-state index in [1.807, 2.05) is 60.7 Å². The minimum Gasteiger partial charge on any atom is -0.501 e. The van der Waals surface area contributed by atoms with Crippen molar-refractivity contribution in [1.82, 2.24) is 14.5 Å². The summed E-state index contributed by atoms with van der Waals surface area (Å²) in [6.07, 6.45) is 1.36. The van der Waals surface area contributed by atoms with Crippen LogP contribution in [0.4, 0.5) is 0 Å². The molecule has 263 valence electrons. The smallest absolute Gasteiger partial charge is 0.121 e. The summed E-state index contributed by atoms with van der Waals surface area (Å²) in [6, 6.07) is 50.9. The summed E-state index contributed by atoms with van der Waals surface area (Å²) in [5, 5.41) is 1.92. The van der Waals surface area contributed by atoms with E-state index in [1.54, 1.807) is 19.9 Å². The molecule has 0 N–H and O–H groups in total. The van der Waals surface area contributed by atoms with Gasteiger partial charge in [0.15, 0.2) is 0 Å². The molecule has 0 unspecified atom stereocenters. The molecule has 0 aliphatic rings. The van der Waals surface area contributed by atoms with Crippen LogP contribution in [0.25, 0.3) is 72.4 Å². The van der Waals surface area contributed by atoms with Gasteiger partial charge in [0.1, 0.15) is 5.58 Å². The molecule has 0 bridgehead atoms. The third kappa shape index (κ3) is 6.87. The second kappa shape index (κ2) is 15.2. The zero-order valence-corrected chi connectivity index (χ0v) is 32.3. The van der Waals surface area contributed by atoms with E-state index in [1.165, 1.54) is 23.0 Å². The average Bonchev–Trinajstić information content (AvgIpc) is 3.76. The Morgan fingerprint density at radius 1 is 0.736 bits per heavy atom.